The normalized spacial score (nSPS) is 11.7. The zero-order chi connectivity index (χ0) is 15.5. The lowest BCUT2D eigenvalue weighted by molar-refractivity contribution is -0.138. The van der Waals surface area contributed by atoms with Gasteiger partial charge >= 0.3 is 6.18 Å². The Bertz CT molecular complexity index is 629. The fourth-order valence-electron chi connectivity index (χ4n) is 1.88. The Labute approximate surface area is 130 Å². The summed E-state index contributed by atoms with van der Waals surface area (Å²) in [6, 6.07) is 11.4. The molecule has 1 nitrogen and oxygen atoms in total. The Kier molecular flexibility index (Phi) is 5.19. The molecule has 0 spiro atoms. The highest BCUT2D eigenvalue weighted by molar-refractivity contribution is 7.99. The van der Waals surface area contributed by atoms with Crippen molar-refractivity contribution in [1.82, 2.24) is 5.32 Å². The second-order valence-electron chi connectivity index (χ2n) is 4.38. The summed E-state index contributed by atoms with van der Waals surface area (Å²) < 4.78 is 39.3. The van der Waals surface area contributed by atoms with E-state index in [0.29, 0.717) is 9.92 Å². The van der Waals surface area contributed by atoms with Crippen LogP contribution in [0, 0.1) is 0 Å². The van der Waals surface area contributed by atoms with Gasteiger partial charge in [-0.05, 0) is 36.9 Å². The summed E-state index contributed by atoms with van der Waals surface area (Å²) in [4.78, 5) is 1.24. The lowest BCUT2D eigenvalue weighted by Gasteiger charge is -2.14. The van der Waals surface area contributed by atoms with Gasteiger partial charge in [-0.2, -0.15) is 13.2 Å². The van der Waals surface area contributed by atoms with Crippen LogP contribution < -0.4 is 5.32 Å². The van der Waals surface area contributed by atoms with E-state index in [0.717, 1.165) is 4.90 Å². The zero-order valence-corrected chi connectivity index (χ0v) is 12.7. The summed E-state index contributed by atoms with van der Waals surface area (Å²) in [5.74, 6) is 0. The van der Waals surface area contributed by atoms with E-state index in [4.69, 9.17) is 11.6 Å². The van der Waals surface area contributed by atoms with Crippen molar-refractivity contribution < 1.29 is 13.2 Å². The van der Waals surface area contributed by atoms with E-state index in [1.54, 1.807) is 37.4 Å². The van der Waals surface area contributed by atoms with Crippen LogP contribution in [0.25, 0.3) is 0 Å². The topological polar surface area (TPSA) is 12.0 Å². The third-order valence-corrected chi connectivity index (χ3v) is 4.33. The van der Waals surface area contributed by atoms with Crippen molar-refractivity contribution in [3.63, 3.8) is 0 Å². The van der Waals surface area contributed by atoms with Crippen LogP contribution >= 0.6 is 23.4 Å². The van der Waals surface area contributed by atoms with Gasteiger partial charge in [0.2, 0.25) is 0 Å². The maximum atomic E-state index is 13.1. The summed E-state index contributed by atoms with van der Waals surface area (Å²) in [6.07, 6.45) is -4.37. The molecular formula is C15H13ClF3NS. The number of benzene rings is 2. The molecule has 1 N–H and O–H groups in total. The van der Waals surface area contributed by atoms with Crippen LogP contribution in [-0.4, -0.2) is 7.05 Å². The second-order valence-corrected chi connectivity index (χ2v) is 5.90. The van der Waals surface area contributed by atoms with Crippen molar-refractivity contribution in [1.29, 1.82) is 0 Å². The van der Waals surface area contributed by atoms with Gasteiger partial charge in [-0.1, -0.05) is 41.6 Å². The molecule has 0 atom stereocenters. The van der Waals surface area contributed by atoms with Crippen LogP contribution in [0.15, 0.2) is 52.3 Å². The van der Waals surface area contributed by atoms with E-state index in [9.17, 15) is 13.2 Å². The first-order chi connectivity index (χ1) is 9.91. The Morgan fingerprint density at radius 2 is 1.86 bits per heavy atom. The van der Waals surface area contributed by atoms with E-state index in [2.05, 4.69) is 5.32 Å². The van der Waals surface area contributed by atoms with Crippen LogP contribution in [0.1, 0.15) is 11.1 Å². The average molecular weight is 332 g/mol. The quantitative estimate of drug-likeness (QED) is 0.823. The van der Waals surface area contributed by atoms with Crippen molar-refractivity contribution >= 4 is 23.4 Å². The van der Waals surface area contributed by atoms with Crippen LogP contribution in [0.4, 0.5) is 13.2 Å². The van der Waals surface area contributed by atoms with Crippen molar-refractivity contribution in [3.05, 3.63) is 58.6 Å². The summed E-state index contributed by atoms with van der Waals surface area (Å²) >= 11 is 7.25. The van der Waals surface area contributed by atoms with E-state index in [-0.39, 0.29) is 12.1 Å². The third kappa shape index (κ3) is 4.15. The largest absolute Gasteiger partial charge is 0.416 e. The molecule has 0 saturated carbocycles. The number of hydrogen-bond acceptors (Lipinski definition) is 2. The fourth-order valence-corrected chi connectivity index (χ4v) is 3.01. The Morgan fingerprint density at radius 1 is 1.14 bits per heavy atom. The van der Waals surface area contributed by atoms with Crippen LogP contribution in [-0.2, 0) is 12.7 Å². The number of hydrogen-bond donors (Lipinski definition) is 1. The Balaban J connectivity index is 2.36. The molecule has 2 aromatic rings. The fraction of sp³-hybridized carbons (Fsp3) is 0.200. The number of rotatable bonds is 4. The lowest BCUT2D eigenvalue weighted by atomic mass is 10.1. The molecule has 0 heterocycles. The maximum Gasteiger partial charge on any atom is 0.416 e. The van der Waals surface area contributed by atoms with Gasteiger partial charge in [-0.15, -0.1) is 0 Å². The highest BCUT2D eigenvalue weighted by Crippen LogP contribution is 2.38. The SMILES string of the molecule is CNCc1ccc(Sc2ccccc2Cl)cc1C(F)(F)F. The van der Waals surface area contributed by atoms with Gasteiger partial charge in [0.1, 0.15) is 0 Å². The molecule has 21 heavy (non-hydrogen) atoms. The van der Waals surface area contributed by atoms with Gasteiger partial charge in [-0.3, -0.25) is 0 Å². The number of alkyl halides is 3. The predicted molar refractivity (Wildman–Crippen MR) is 79.8 cm³/mol. The molecule has 0 aliphatic heterocycles. The van der Waals surface area contributed by atoms with Crippen molar-refractivity contribution in [3.8, 4) is 0 Å². The smallest absolute Gasteiger partial charge is 0.316 e. The van der Waals surface area contributed by atoms with Crippen LogP contribution in [0.2, 0.25) is 5.02 Å². The Morgan fingerprint density at radius 3 is 2.48 bits per heavy atom. The summed E-state index contributed by atoms with van der Waals surface area (Å²) in [5, 5.41) is 3.27. The minimum absolute atomic E-state index is 0.173. The predicted octanol–water partition coefficient (Wildman–Crippen LogP) is 5.23. The van der Waals surface area contributed by atoms with Gasteiger partial charge in [0, 0.05) is 16.3 Å². The molecule has 0 aliphatic carbocycles. The lowest BCUT2D eigenvalue weighted by Crippen LogP contribution is -2.14. The maximum absolute atomic E-state index is 13.1. The molecule has 2 rings (SSSR count). The molecule has 0 fully saturated rings. The standard InChI is InChI=1S/C15H13ClF3NS/c1-20-9-10-6-7-11(8-12(10)15(17,18)19)21-14-5-3-2-4-13(14)16/h2-8,20H,9H2,1H3. The molecule has 0 amide bonds. The third-order valence-electron chi connectivity index (χ3n) is 2.82. The highest BCUT2D eigenvalue weighted by Gasteiger charge is 2.33. The van der Waals surface area contributed by atoms with Gasteiger partial charge < -0.3 is 5.32 Å². The number of nitrogens with one attached hydrogen (secondary N) is 1. The molecule has 112 valence electrons. The minimum atomic E-state index is -4.37. The summed E-state index contributed by atoms with van der Waals surface area (Å²) in [7, 11) is 1.62. The molecule has 0 radical (unpaired) electrons. The average Bonchev–Trinajstić information content (AvgIpc) is 2.42. The van der Waals surface area contributed by atoms with E-state index in [1.165, 1.54) is 23.9 Å². The molecule has 2 aromatic carbocycles. The van der Waals surface area contributed by atoms with Crippen molar-refractivity contribution in [2.24, 2.45) is 0 Å². The zero-order valence-electron chi connectivity index (χ0n) is 11.2. The Hall–Kier alpha value is -1.17. The first-order valence-electron chi connectivity index (χ1n) is 6.19. The van der Waals surface area contributed by atoms with Gasteiger partial charge in [0.25, 0.3) is 0 Å². The molecular weight excluding hydrogens is 319 g/mol. The minimum Gasteiger partial charge on any atom is -0.316 e. The molecule has 0 saturated heterocycles. The molecule has 0 bridgehead atoms. The second kappa shape index (κ2) is 6.73. The van der Waals surface area contributed by atoms with Gasteiger partial charge in [0.05, 0.1) is 10.6 Å². The molecule has 0 unspecified atom stereocenters. The van der Waals surface area contributed by atoms with Crippen LogP contribution in [0.5, 0.6) is 0 Å². The van der Waals surface area contributed by atoms with E-state index < -0.39 is 11.7 Å². The highest BCUT2D eigenvalue weighted by atomic mass is 35.5. The van der Waals surface area contributed by atoms with Gasteiger partial charge in [0.15, 0.2) is 0 Å². The molecule has 6 heteroatoms. The van der Waals surface area contributed by atoms with E-state index in [1.807, 2.05) is 0 Å². The van der Waals surface area contributed by atoms with Gasteiger partial charge in [-0.25, -0.2) is 0 Å². The molecule has 0 aromatic heterocycles. The molecule has 0 aliphatic rings. The van der Waals surface area contributed by atoms with Crippen molar-refractivity contribution in [2.45, 2.75) is 22.5 Å². The summed E-state index contributed by atoms with van der Waals surface area (Å²) in [5.41, 5.74) is -0.387. The summed E-state index contributed by atoms with van der Waals surface area (Å²) in [6.45, 7) is 0.173. The van der Waals surface area contributed by atoms with Crippen molar-refractivity contribution in [2.75, 3.05) is 7.05 Å². The monoisotopic (exact) mass is 331 g/mol. The first kappa shape index (κ1) is 16.2. The number of halogens is 4. The van der Waals surface area contributed by atoms with Crippen LogP contribution in [0.3, 0.4) is 0 Å². The van der Waals surface area contributed by atoms with E-state index >= 15 is 0 Å². The first-order valence-corrected chi connectivity index (χ1v) is 7.38.